The zero-order valence-electron chi connectivity index (χ0n) is 11.0. The SMILES string of the molecule is CCOC(=O)CC(O)C(O)c1ccc(Br)c(C(F)(F)F)c1. The molecule has 0 aliphatic rings. The van der Waals surface area contributed by atoms with Crippen molar-refractivity contribution in [3.8, 4) is 0 Å². The molecule has 4 nitrogen and oxygen atoms in total. The van der Waals surface area contributed by atoms with Gasteiger partial charge in [0.05, 0.1) is 24.7 Å². The highest BCUT2D eigenvalue weighted by atomic mass is 79.9. The van der Waals surface area contributed by atoms with Crippen molar-refractivity contribution in [1.29, 1.82) is 0 Å². The number of aliphatic hydroxyl groups excluding tert-OH is 2. The Morgan fingerprint density at radius 3 is 2.52 bits per heavy atom. The second kappa shape index (κ2) is 7.24. The number of carbonyl (C=O) groups excluding carboxylic acids is 1. The summed E-state index contributed by atoms with van der Waals surface area (Å²) in [5.74, 6) is -0.739. The first kappa shape index (κ1) is 17.9. The fourth-order valence-electron chi connectivity index (χ4n) is 1.67. The number of hydrogen-bond acceptors (Lipinski definition) is 4. The van der Waals surface area contributed by atoms with Gasteiger partial charge in [0.1, 0.15) is 6.10 Å². The summed E-state index contributed by atoms with van der Waals surface area (Å²) in [6.45, 7) is 1.68. The molecule has 118 valence electrons. The summed E-state index contributed by atoms with van der Waals surface area (Å²) in [5, 5.41) is 19.5. The predicted molar refractivity (Wildman–Crippen MR) is 71.4 cm³/mol. The highest BCUT2D eigenvalue weighted by molar-refractivity contribution is 9.10. The molecule has 0 aromatic heterocycles. The third kappa shape index (κ3) is 4.98. The quantitative estimate of drug-likeness (QED) is 0.782. The Kier molecular flexibility index (Phi) is 6.18. The van der Waals surface area contributed by atoms with E-state index < -0.39 is 36.3 Å². The minimum absolute atomic E-state index is 0.109. The van der Waals surface area contributed by atoms with Crippen molar-refractivity contribution in [3.05, 3.63) is 33.8 Å². The maximum atomic E-state index is 12.8. The zero-order chi connectivity index (χ0) is 16.2. The Bertz CT molecular complexity index is 505. The normalized spacial score (nSPS) is 14.6. The Morgan fingerprint density at radius 1 is 1.38 bits per heavy atom. The van der Waals surface area contributed by atoms with Crippen LogP contribution in [-0.4, -0.2) is 28.9 Å². The fraction of sp³-hybridized carbons (Fsp3) is 0.462. The van der Waals surface area contributed by atoms with Gasteiger partial charge in [0.15, 0.2) is 0 Å². The molecule has 8 heteroatoms. The lowest BCUT2D eigenvalue weighted by Crippen LogP contribution is -2.23. The van der Waals surface area contributed by atoms with E-state index in [0.717, 1.165) is 12.1 Å². The van der Waals surface area contributed by atoms with E-state index >= 15 is 0 Å². The second-order valence-electron chi connectivity index (χ2n) is 4.26. The van der Waals surface area contributed by atoms with E-state index in [9.17, 15) is 28.2 Å². The first-order chi connectivity index (χ1) is 9.66. The summed E-state index contributed by atoms with van der Waals surface area (Å²) < 4.78 is 42.7. The van der Waals surface area contributed by atoms with E-state index in [1.165, 1.54) is 6.07 Å². The van der Waals surface area contributed by atoms with Gasteiger partial charge in [0.25, 0.3) is 0 Å². The maximum Gasteiger partial charge on any atom is 0.417 e. The minimum atomic E-state index is -4.60. The number of alkyl halides is 3. The summed E-state index contributed by atoms with van der Waals surface area (Å²) in [5.41, 5.74) is -1.11. The summed E-state index contributed by atoms with van der Waals surface area (Å²) in [6, 6.07) is 3.08. The van der Waals surface area contributed by atoms with E-state index in [2.05, 4.69) is 20.7 Å². The van der Waals surface area contributed by atoms with Crippen LogP contribution in [0.3, 0.4) is 0 Å². The van der Waals surface area contributed by atoms with Crippen molar-refractivity contribution >= 4 is 21.9 Å². The number of carbonyl (C=O) groups is 1. The molecule has 2 atom stereocenters. The largest absolute Gasteiger partial charge is 0.466 e. The van der Waals surface area contributed by atoms with Gasteiger partial charge in [-0.1, -0.05) is 22.0 Å². The number of aliphatic hydroxyl groups is 2. The first-order valence-corrected chi connectivity index (χ1v) is 6.84. The molecule has 0 heterocycles. The van der Waals surface area contributed by atoms with E-state index in [4.69, 9.17) is 0 Å². The van der Waals surface area contributed by atoms with Crippen LogP contribution >= 0.6 is 15.9 Å². The van der Waals surface area contributed by atoms with Gasteiger partial charge in [0, 0.05) is 4.47 Å². The zero-order valence-corrected chi connectivity index (χ0v) is 12.6. The lowest BCUT2D eigenvalue weighted by Gasteiger charge is -2.19. The standard InChI is InChI=1S/C13H14BrF3O4/c1-2-21-11(19)6-10(18)12(20)7-3-4-9(14)8(5-7)13(15,16)17/h3-5,10,12,18,20H,2,6H2,1H3. The van der Waals surface area contributed by atoms with E-state index in [1.54, 1.807) is 6.92 Å². The summed E-state index contributed by atoms with van der Waals surface area (Å²) in [6.07, 6.45) is -8.28. The van der Waals surface area contributed by atoms with Gasteiger partial charge in [-0.25, -0.2) is 0 Å². The molecule has 0 aliphatic heterocycles. The number of ether oxygens (including phenoxy) is 1. The maximum absolute atomic E-state index is 12.8. The second-order valence-corrected chi connectivity index (χ2v) is 5.11. The smallest absolute Gasteiger partial charge is 0.417 e. The van der Waals surface area contributed by atoms with Crippen LogP contribution in [0.1, 0.15) is 30.6 Å². The van der Waals surface area contributed by atoms with Crippen molar-refractivity contribution in [2.75, 3.05) is 6.61 Å². The van der Waals surface area contributed by atoms with Crippen molar-refractivity contribution in [3.63, 3.8) is 0 Å². The van der Waals surface area contributed by atoms with Crippen LogP contribution in [0.5, 0.6) is 0 Å². The van der Waals surface area contributed by atoms with Gasteiger partial charge in [-0.2, -0.15) is 13.2 Å². The number of rotatable bonds is 5. The third-order valence-electron chi connectivity index (χ3n) is 2.68. The third-order valence-corrected chi connectivity index (χ3v) is 3.37. The van der Waals surface area contributed by atoms with Gasteiger partial charge in [-0.05, 0) is 24.6 Å². The molecule has 1 aromatic rings. The van der Waals surface area contributed by atoms with Crippen LogP contribution in [0.4, 0.5) is 13.2 Å². The average molecular weight is 371 g/mol. The summed E-state index contributed by atoms with van der Waals surface area (Å²) >= 11 is 2.77. The van der Waals surface area contributed by atoms with Crippen LogP contribution in [-0.2, 0) is 15.7 Å². The Balaban J connectivity index is 2.92. The average Bonchev–Trinajstić information content (AvgIpc) is 2.37. The van der Waals surface area contributed by atoms with Crippen LogP contribution in [0.25, 0.3) is 0 Å². The highest BCUT2D eigenvalue weighted by Gasteiger charge is 2.34. The van der Waals surface area contributed by atoms with Crippen molar-refractivity contribution < 1.29 is 32.9 Å². The Morgan fingerprint density at radius 2 is 2.00 bits per heavy atom. The van der Waals surface area contributed by atoms with E-state index in [-0.39, 0.29) is 16.6 Å². The molecule has 0 saturated carbocycles. The lowest BCUT2D eigenvalue weighted by molar-refractivity contribution is -0.147. The minimum Gasteiger partial charge on any atom is -0.466 e. The molecule has 0 aliphatic carbocycles. The van der Waals surface area contributed by atoms with Crippen molar-refractivity contribution in [1.82, 2.24) is 0 Å². The molecule has 2 N–H and O–H groups in total. The van der Waals surface area contributed by atoms with E-state index in [0.29, 0.717) is 0 Å². The molecular weight excluding hydrogens is 357 g/mol. The molecule has 0 bridgehead atoms. The van der Waals surface area contributed by atoms with Crippen molar-refractivity contribution in [2.45, 2.75) is 31.7 Å². The Labute approximate surface area is 127 Å². The monoisotopic (exact) mass is 370 g/mol. The molecule has 0 saturated heterocycles. The topological polar surface area (TPSA) is 66.8 Å². The fourth-order valence-corrected chi connectivity index (χ4v) is 2.14. The Hall–Kier alpha value is -1.12. The number of benzene rings is 1. The molecule has 0 spiro atoms. The highest BCUT2D eigenvalue weighted by Crippen LogP contribution is 2.36. The lowest BCUT2D eigenvalue weighted by atomic mass is 10.00. The van der Waals surface area contributed by atoms with Crippen molar-refractivity contribution in [2.24, 2.45) is 0 Å². The van der Waals surface area contributed by atoms with Gasteiger partial charge >= 0.3 is 12.1 Å². The molecule has 0 fully saturated rings. The first-order valence-electron chi connectivity index (χ1n) is 6.05. The van der Waals surface area contributed by atoms with Gasteiger partial charge in [-0.3, -0.25) is 4.79 Å². The molecule has 0 radical (unpaired) electrons. The van der Waals surface area contributed by atoms with Gasteiger partial charge in [0.2, 0.25) is 0 Å². The van der Waals surface area contributed by atoms with Gasteiger partial charge in [-0.15, -0.1) is 0 Å². The van der Waals surface area contributed by atoms with Crippen LogP contribution in [0, 0.1) is 0 Å². The molecular formula is C13H14BrF3O4. The van der Waals surface area contributed by atoms with Gasteiger partial charge < -0.3 is 14.9 Å². The number of esters is 1. The van der Waals surface area contributed by atoms with Crippen LogP contribution in [0.2, 0.25) is 0 Å². The number of halogens is 4. The summed E-state index contributed by atoms with van der Waals surface area (Å²) in [7, 11) is 0. The molecule has 1 aromatic carbocycles. The van der Waals surface area contributed by atoms with Crippen LogP contribution in [0.15, 0.2) is 22.7 Å². The molecule has 1 rings (SSSR count). The van der Waals surface area contributed by atoms with E-state index in [1.807, 2.05) is 0 Å². The number of hydrogen-bond donors (Lipinski definition) is 2. The van der Waals surface area contributed by atoms with Crippen LogP contribution < -0.4 is 0 Å². The predicted octanol–water partition coefficient (Wildman–Crippen LogP) is 2.82. The molecule has 0 amide bonds. The summed E-state index contributed by atoms with van der Waals surface area (Å²) in [4.78, 5) is 11.2. The molecule has 21 heavy (non-hydrogen) atoms. The molecule has 2 unspecified atom stereocenters.